The van der Waals surface area contributed by atoms with E-state index < -0.39 is 17.6 Å². The molecule has 0 fully saturated rings. The van der Waals surface area contributed by atoms with Gasteiger partial charge in [-0.25, -0.2) is 0 Å². The predicted octanol–water partition coefficient (Wildman–Crippen LogP) is 4.67. The molecule has 19 heavy (non-hydrogen) atoms. The van der Waals surface area contributed by atoms with Gasteiger partial charge in [-0.2, -0.15) is 13.2 Å². The summed E-state index contributed by atoms with van der Waals surface area (Å²) in [6, 6.07) is 7.36. The first-order valence-electron chi connectivity index (χ1n) is 5.10. The highest BCUT2D eigenvalue weighted by Gasteiger charge is 2.29. The first-order valence-corrected chi connectivity index (χ1v) is 6.29. The van der Waals surface area contributed by atoms with Gasteiger partial charge in [-0.1, -0.05) is 11.6 Å². The Morgan fingerprint density at radius 3 is 2.21 bits per heavy atom. The van der Waals surface area contributed by atoms with Crippen LogP contribution in [0.3, 0.4) is 0 Å². The van der Waals surface area contributed by atoms with Crippen molar-refractivity contribution in [3.8, 4) is 0 Å². The third kappa shape index (κ3) is 3.48. The molecule has 0 saturated heterocycles. The molecular weight excluding hydrogens is 299 g/mol. The highest BCUT2D eigenvalue weighted by atomic mass is 35.5. The fourth-order valence-corrected chi connectivity index (χ4v) is 2.31. The number of nitrogens with one attached hydrogen (secondary N) is 1. The first-order chi connectivity index (χ1) is 8.86. The van der Waals surface area contributed by atoms with E-state index in [1.165, 1.54) is 12.1 Å². The maximum absolute atomic E-state index is 12.3. The maximum Gasteiger partial charge on any atom is 0.416 e. The maximum atomic E-state index is 12.3. The quantitative estimate of drug-likeness (QED) is 0.858. The largest absolute Gasteiger partial charge is 0.416 e. The lowest BCUT2D eigenvalue weighted by molar-refractivity contribution is -0.137. The fraction of sp³-hybridized carbons (Fsp3) is 0.0833. The summed E-state index contributed by atoms with van der Waals surface area (Å²) in [6.45, 7) is 0. The number of alkyl halides is 3. The Kier molecular flexibility index (Phi) is 3.82. The van der Waals surface area contributed by atoms with Crippen LogP contribution in [0.2, 0.25) is 4.34 Å². The number of thiophene rings is 1. The van der Waals surface area contributed by atoms with Crippen LogP contribution < -0.4 is 5.32 Å². The number of benzene rings is 1. The second-order valence-corrected chi connectivity index (χ2v) is 5.35. The summed E-state index contributed by atoms with van der Waals surface area (Å²) in [5.41, 5.74) is -0.466. The SMILES string of the molecule is O=C(Nc1ccc(C(F)(F)F)cc1)c1ccc(Cl)s1. The highest BCUT2D eigenvalue weighted by molar-refractivity contribution is 7.18. The number of halogens is 4. The lowest BCUT2D eigenvalue weighted by Gasteiger charge is -2.08. The highest BCUT2D eigenvalue weighted by Crippen LogP contribution is 2.30. The van der Waals surface area contributed by atoms with Gasteiger partial charge in [0.25, 0.3) is 5.91 Å². The molecule has 1 heterocycles. The molecule has 1 N–H and O–H groups in total. The molecule has 0 unspecified atom stereocenters. The van der Waals surface area contributed by atoms with Crippen LogP contribution in [0.15, 0.2) is 36.4 Å². The van der Waals surface area contributed by atoms with Gasteiger partial charge in [0.2, 0.25) is 0 Å². The Bertz CT molecular complexity index is 592. The van der Waals surface area contributed by atoms with Crippen LogP contribution >= 0.6 is 22.9 Å². The predicted molar refractivity (Wildman–Crippen MR) is 68.7 cm³/mol. The molecule has 1 aromatic carbocycles. The molecule has 0 spiro atoms. The smallest absolute Gasteiger partial charge is 0.321 e. The van der Waals surface area contributed by atoms with E-state index in [1.807, 2.05) is 0 Å². The number of hydrogen-bond acceptors (Lipinski definition) is 2. The number of carbonyl (C=O) groups is 1. The summed E-state index contributed by atoms with van der Waals surface area (Å²) >= 11 is 6.79. The van der Waals surface area contributed by atoms with Crippen LogP contribution in [-0.2, 0) is 6.18 Å². The normalized spacial score (nSPS) is 11.4. The average molecular weight is 306 g/mol. The summed E-state index contributed by atoms with van der Waals surface area (Å²) in [7, 11) is 0. The summed E-state index contributed by atoms with van der Waals surface area (Å²) < 4.78 is 37.5. The van der Waals surface area contributed by atoms with Crippen LogP contribution in [-0.4, -0.2) is 5.91 Å². The minimum Gasteiger partial charge on any atom is -0.321 e. The molecule has 0 aliphatic carbocycles. The molecule has 0 radical (unpaired) electrons. The lowest BCUT2D eigenvalue weighted by atomic mass is 10.2. The number of amides is 1. The summed E-state index contributed by atoms with van der Waals surface area (Å²) in [6.07, 6.45) is -4.39. The monoisotopic (exact) mass is 305 g/mol. The minimum absolute atomic E-state index is 0.294. The number of rotatable bonds is 2. The van der Waals surface area contributed by atoms with Crippen molar-refractivity contribution in [2.45, 2.75) is 6.18 Å². The molecule has 2 rings (SSSR count). The lowest BCUT2D eigenvalue weighted by Crippen LogP contribution is -2.10. The van der Waals surface area contributed by atoms with Crippen molar-refractivity contribution < 1.29 is 18.0 Å². The van der Waals surface area contributed by atoms with Crippen molar-refractivity contribution in [1.29, 1.82) is 0 Å². The van der Waals surface area contributed by atoms with E-state index in [2.05, 4.69) is 5.32 Å². The Hall–Kier alpha value is -1.53. The Balaban J connectivity index is 2.10. The Morgan fingerprint density at radius 2 is 1.74 bits per heavy atom. The zero-order valence-electron chi connectivity index (χ0n) is 9.29. The van der Waals surface area contributed by atoms with Crippen molar-refractivity contribution in [2.75, 3.05) is 5.32 Å². The van der Waals surface area contributed by atoms with E-state index in [4.69, 9.17) is 11.6 Å². The van der Waals surface area contributed by atoms with E-state index in [9.17, 15) is 18.0 Å². The van der Waals surface area contributed by atoms with Crippen LogP contribution in [0, 0.1) is 0 Å². The molecular formula is C12H7ClF3NOS. The topological polar surface area (TPSA) is 29.1 Å². The van der Waals surface area contributed by atoms with Gasteiger partial charge in [-0.15, -0.1) is 11.3 Å². The minimum atomic E-state index is -4.39. The fourth-order valence-electron chi connectivity index (χ4n) is 1.37. The molecule has 2 nitrogen and oxygen atoms in total. The van der Waals surface area contributed by atoms with Gasteiger partial charge >= 0.3 is 6.18 Å². The van der Waals surface area contributed by atoms with E-state index in [-0.39, 0.29) is 0 Å². The van der Waals surface area contributed by atoms with Crippen molar-refractivity contribution in [3.05, 3.63) is 51.2 Å². The van der Waals surface area contributed by atoms with E-state index in [1.54, 1.807) is 12.1 Å². The molecule has 7 heteroatoms. The molecule has 1 amide bonds. The molecule has 2 aromatic rings. The van der Waals surface area contributed by atoms with Crippen molar-refractivity contribution in [3.63, 3.8) is 0 Å². The van der Waals surface area contributed by atoms with Gasteiger partial charge in [0, 0.05) is 5.69 Å². The Morgan fingerprint density at radius 1 is 1.11 bits per heavy atom. The zero-order chi connectivity index (χ0) is 14.0. The van der Waals surface area contributed by atoms with Crippen molar-refractivity contribution in [2.24, 2.45) is 0 Å². The third-order valence-electron chi connectivity index (χ3n) is 2.27. The van der Waals surface area contributed by atoms with Gasteiger partial charge in [0.1, 0.15) is 0 Å². The van der Waals surface area contributed by atoms with E-state index in [0.29, 0.717) is 14.9 Å². The van der Waals surface area contributed by atoms with Crippen molar-refractivity contribution >= 4 is 34.5 Å². The summed E-state index contributed by atoms with van der Waals surface area (Å²) in [5, 5.41) is 2.50. The first kappa shape index (κ1) is 13.9. The molecule has 0 atom stereocenters. The molecule has 1 aromatic heterocycles. The van der Waals surface area contributed by atoms with Crippen LogP contribution in [0.5, 0.6) is 0 Å². The standard InChI is InChI=1S/C12H7ClF3NOS/c13-10-6-5-9(19-10)11(18)17-8-3-1-7(2-4-8)12(14,15)16/h1-6H,(H,17,18). The zero-order valence-corrected chi connectivity index (χ0v) is 10.9. The Labute approximate surface area is 115 Å². The van der Waals surface area contributed by atoms with Gasteiger partial charge < -0.3 is 5.32 Å². The number of anilines is 1. The summed E-state index contributed by atoms with van der Waals surface area (Å²) in [4.78, 5) is 12.1. The second-order valence-electron chi connectivity index (χ2n) is 3.63. The van der Waals surface area contributed by atoms with E-state index >= 15 is 0 Å². The average Bonchev–Trinajstić information content (AvgIpc) is 2.75. The number of carbonyl (C=O) groups excluding carboxylic acids is 1. The van der Waals surface area contributed by atoms with Gasteiger partial charge in [-0.05, 0) is 36.4 Å². The summed E-state index contributed by atoms with van der Waals surface area (Å²) in [5.74, 6) is -0.406. The molecule has 100 valence electrons. The molecule has 0 aliphatic heterocycles. The van der Waals surface area contributed by atoms with Gasteiger partial charge in [-0.3, -0.25) is 4.79 Å². The third-order valence-corrected chi connectivity index (χ3v) is 3.50. The molecule has 0 aliphatic rings. The van der Waals surface area contributed by atoms with E-state index in [0.717, 1.165) is 23.5 Å². The molecule has 0 bridgehead atoms. The van der Waals surface area contributed by atoms with Crippen molar-refractivity contribution in [1.82, 2.24) is 0 Å². The van der Waals surface area contributed by atoms with Crippen LogP contribution in [0.4, 0.5) is 18.9 Å². The number of hydrogen-bond donors (Lipinski definition) is 1. The molecule has 0 saturated carbocycles. The van der Waals surface area contributed by atoms with Gasteiger partial charge in [0.05, 0.1) is 14.8 Å². The van der Waals surface area contributed by atoms with Crippen LogP contribution in [0.25, 0.3) is 0 Å². The second kappa shape index (κ2) is 5.22. The van der Waals surface area contributed by atoms with Gasteiger partial charge in [0.15, 0.2) is 0 Å². The van der Waals surface area contributed by atoms with Crippen LogP contribution in [0.1, 0.15) is 15.2 Å².